The summed E-state index contributed by atoms with van der Waals surface area (Å²) < 4.78 is 29.4. The average molecular weight is 262 g/mol. The SMILES string of the molecule is CCOC(=O)c1c(N)n[nH]c1S(=O)(=O)N(C)C. The van der Waals surface area contributed by atoms with Gasteiger partial charge in [0.25, 0.3) is 10.0 Å². The molecule has 0 spiro atoms. The molecule has 0 aliphatic carbocycles. The summed E-state index contributed by atoms with van der Waals surface area (Å²) in [7, 11) is -1.15. The molecule has 1 rings (SSSR count). The number of sulfonamides is 1. The molecule has 1 heterocycles. The van der Waals surface area contributed by atoms with E-state index in [4.69, 9.17) is 10.5 Å². The number of aromatic amines is 1. The van der Waals surface area contributed by atoms with Crippen LogP contribution in [0.25, 0.3) is 0 Å². The molecule has 0 aliphatic rings. The molecule has 0 amide bonds. The van der Waals surface area contributed by atoms with E-state index in [9.17, 15) is 13.2 Å². The maximum absolute atomic E-state index is 11.9. The number of nitrogens with zero attached hydrogens (tertiary/aromatic N) is 2. The Morgan fingerprint density at radius 3 is 2.59 bits per heavy atom. The van der Waals surface area contributed by atoms with Gasteiger partial charge in [-0.15, -0.1) is 0 Å². The number of anilines is 1. The van der Waals surface area contributed by atoms with E-state index in [1.807, 2.05) is 0 Å². The molecule has 0 fully saturated rings. The van der Waals surface area contributed by atoms with Crippen molar-refractivity contribution in [3.8, 4) is 0 Å². The van der Waals surface area contributed by atoms with E-state index in [1.54, 1.807) is 6.92 Å². The predicted molar refractivity (Wildman–Crippen MR) is 59.8 cm³/mol. The van der Waals surface area contributed by atoms with Crippen molar-refractivity contribution < 1.29 is 17.9 Å². The Hall–Kier alpha value is -1.61. The van der Waals surface area contributed by atoms with Crippen molar-refractivity contribution in [2.24, 2.45) is 0 Å². The minimum Gasteiger partial charge on any atom is -0.462 e. The number of rotatable bonds is 4. The third kappa shape index (κ3) is 2.39. The van der Waals surface area contributed by atoms with Crippen LogP contribution in [0.5, 0.6) is 0 Å². The summed E-state index contributed by atoms with van der Waals surface area (Å²) in [6.07, 6.45) is 0. The fourth-order valence-corrected chi connectivity index (χ4v) is 2.08. The summed E-state index contributed by atoms with van der Waals surface area (Å²) in [5.41, 5.74) is 5.18. The van der Waals surface area contributed by atoms with Crippen molar-refractivity contribution in [3.05, 3.63) is 5.56 Å². The highest BCUT2D eigenvalue weighted by Crippen LogP contribution is 2.21. The molecule has 0 atom stereocenters. The zero-order valence-corrected chi connectivity index (χ0v) is 10.5. The standard InChI is InChI=1S/C8H14N4O4S/c1-4-16-8(13)5-6(9)10-11-7(5)17(14,15)12(2)3/h4H2,1-3H3,(H3,9,10,11). The Bertz CT molecular complexity index is 520. The van der Waals surface area contributed by atoms with Crippen LogP contribution in [0.2, 0.25) is 0 Å². The van der Waals surface area contributed by atoms with E-state index in [2.05, 4.69) is 10.2 Å². The van der Waals surface area contributed by atoms with E-state index in [0.29, 0.717) is 0 Å². The lowest BCUT2D eigenvalue weighted by molar-refractivity contribution is 0.0523. The minimum absolute atomic E-state index is 0.116. The second-order valence-corrected chi connectivity index (χ2v) is 5.41. The van der Waals surface area contributed by atoms with Gasteiger partial charge in [0.1, 0.15) is 5.56 Å². The Morgan fingerprint density at radius 1 is 1.53 bits per heavy atom. The molecule has 8 nitrogen and oxygen atoms in total. The average Bonchev–Trinajstić information content (AvgIpc) is 2.60. The van der Waals surface area contributed by atoms with Gasteiger partial charge in [-0.1, -0.05) is 0 Å². The van der Waals surface area contributed by atoms with Gasteiger partial charge in [-0.25, -0.2) is 17.5 Å². The van der Waals surface area contributed by atoms with E-state index in [1.165, 1.54) is 14.1 Å². The second-order valence-electron chi connectivity index (χ2n) is 3.32. The van der Waals surface area contributed by atoms with E-state index in [0.717, 1.165) is 4.31 Å². The number of carbonyl (C=O) groups excluding carboxylic acids is 1. The summed E-state index contributed by atoms with van der Waals surface area (Å²) >= 11 is 0. The minimum atomic E-state index is -3.82. The molecule has 1 aromatic heterocycles. The first-order chi connectivity index (χ1) is 7.82. The summed E-state index contributed by atoms with van der Waals surface area (Å²) in [5.74, 6) is -1.02. The molecular formula is C8H14N4O4S. The first-order valence-corrected chi connectivity index (χ1v) is 6.19. The number of ether oxygens (including phenoxy) is 1. The maximum Gasteiger partial charge on any atom is 0.344 e. The zero-order chi connectivity index (χ0) is 13.2. The molecule has 0 unspecified atom stereocenters. The maximum atomic E-state index is 11.9. The van der Waals surface area contributed by atoms with Crippen molar-refractivity contribution in [2.75, 3.05) is 26.4 Å². The number of nitrogens with two attached hydrogens (primary N) is 1. The normalized spacial score (nSPS) is 11.8. The molecule has 9 heteroatoms. The molecule has 0 aromatic carbocycles. The van der Waals surface area contributed by atoms with Gasteiger partial charge in [0.05, 0.1) is 6.61 Å². The quantitative estimate of drug-likeness (QED) is 0.701. The van der Waals surface area contributed by atoms with Crippen LogP contribution >= 0.6 is 0 Å². The topological polar surface area (TPSA) is 118 Å². The van der Waals surface area contributed by atoms with Crippen LogP contribution in [-0.4, -0.2) is 49.6 Å². The van der Waals surface area contributed by atoms with Gasteiger partial charge in [-0.05, 0) is 6.92 Å². The number of nitrogen functional groups attached to an aromatic ring is 1. The fourth-order valence-electron chi connectivity index (χ4n) is 1.11. The highest BCUT2D eigenvalue weighted by molar-refractivity contribution is 7.89. The zero-order valence-electron chi connectivity index (χ0n) is 9.72. The van der Waals surface area contributed by atoms with Crippen LogP contribution in [0.3, 0.4) is 0 Å². The lowest BCUT2D eigenvalue weighted by atomic mass is 10.3. The number of carbonyl (C=O) groups is 1. The highest BCUT2D eigenvalue weighted by atomic mass is 32.2. The Morgan fingerprint density at radius 2 is 2.12 bits per heavy atom. The molecule has 96 valence electrons. The molecule has 0 radical (unpaired) electrons. The number of nitrogens with one attached hydrogen (secondary N) is 1. The third-order valence-electron chi connectivity index (χ3n) is 1.98. The number of hydrogen-bond donors (Lipinski definition) is 2. The van der Waals surface area contributed by atoms with E-state index in [-0.39, 0.29) is 23.0 Å². The Labute approximate surface area is 98.8 Å². The van der Waals surface area contributed by atoms with Crippen molar-refractivity contribution in [1.82, 2.24) is 14.5 Å². The van der Waals surface area contributed by atoms with Gasteiger partial charge in [0.15, 0.2) is 10.8 Å². The third-order valence-corrected chi connectivity index (χ3v) is 3.75. The predicted octanol–water partition coefficient (Wildman–Crippen LogP) is -0.581. The van der Waals surface area contributed by atoms with E-state index < -0.39 is 16.0 Å². The van der Waals surface area contributed by atoms with Crippen molar-refractivity contribution in [2.45, 2.75) is 11.9 Å². The van der Waals surface area contributed by atoms with Crippen LogP contribution in [0.1, 0.15) is 17.3 Å². The number of esters is 1. The van der Waals surface area contributed by atoms with Crippen molar-refractivity contribution in [1.29, 1.82) is 0 Å². The number of H-pyrrole nitrogens is 1. The molecule has 17 heavy (non-hydrogen) atoms. The monoisotopic (exact) mass is 262 g/mol. The van der Waals surface area contributed by atoms with Gasteiger partial charge in [-0.2, -0.15) is 5.10 Å². The number of hydrogen-bond acceptors (Lipinski definition) is 6. The van der Waals surface area contributed by atoms with E-state index >= 15 is 0 Å². The van der Waals surface area contributed by atoms with Gasteiger partial charge in [0.2, 0.25) is 0 Å². The smallest absolute Gasteiger partial charge is 0.344 e. The summed E-state index contributed by atoms with van der Waals surface area (Å²) in [6.45, 7) is 1.72. The molecule has 0 bridgehead atoms. The van der Waals surface area contributed by atoms with Gasteiger partial charge in [-0.3, -0.25) is 5.10 Å². The summed E-state index contributed by atoms with van der Waals surface area (Å²) in [6, 6.07) is 0. The molecular weight excluding hydrogens is 248 g/mol. The lowest BCUT2D eigenvalue weighted by Gasteiger charge is -2.10. The van der Waals surface area contributed by atoms with Gasteiger partial charge in [0, 0.05) is 14.1 Å². The number of aromatic nitrogens is 2. The van der Waals surface area contributed by atoms with Crippen LogP contribution in [0, 0.1) is 0 Å². The van der Waals surface area contributed by atoms with Crippen LogP contribution in [-0.2, 0) is 14.8 Å². The highest BCUT2D eigenvalue weighted by Gasteiger charge is 2.30. The van der Waals surface area contributed by atoms with Crippen LogP contribution in [0.15, 0.2) is 5.03 Å². The van der Waals surface area contributed by atoms with Crippen molar-refractivity contribution in [3.63, 3.8) is 0 Å². The molecule has 1 aromatic rings. The van der Waals surface area contributed by atoms with Gasteiger partial charge < -0.3 is 10.5 Å². The summed E-state index contributed by atoms with van der Waals surface area (Å²) in [5, 5.41) is 5.38. The molecule has 0 saturated carbocycles. The van der Waals surface area contributed by atoms with Crippen LogP contribution < -0.4 is 5.73 Å². The largest absolute Gasteiger partial charge is 0.462 e. The lowest BCUT2D eigenvalue weighted by Crippen LogP contribution is -2.25. The first-order valence-electron chi connectivity index (χ1n) is 4.75. The Kier molecular flexibility index (Phi) is 3.73. The van der Waals surface area contributed by atoms with Gasteiger partial charge >= 0.3 is 5.97 Å². The van der Waals surface area contributed by atoms with Crippen molar-refractivity contribution >= 4 is 21.8 Å². The first kappa shape index (κ1) is 13.5. The molecule has 3 N–H and O–H groups in total. The Balaban J connectivity index is 3.34. The summed E-state index contributed by atoms with van der Waals surface area (Å²) in [4.78, 5) is 11.6. The molecule has 0 saturated heterocycles. The fraction of sp³-hybridized carbons (Fsp3) is 0.500. The second kappa shape index (κ2) is 4.72. The van der Waals surface area contributed by atoms with Crippen LogP contribution in [0.4, 0.5) is 5.82 Å². The molecule has 0 aliphatic heterocycles.